The van der Waals surface area contributed by atoms with E-state index in [1.807, 2.05) is 19.1 Å². The second-order valence-corrected chi connectivity index (χ2v) is 6.86. The van der Waals surface area contributed by atoms with Gasteiger partial charge in [0, 0.05) is 25.5 Å². The highest BCUT2D eigenvalue weighted by Gasteiger charge is 2.06. The first-order valence-corrected chi connectivity index (χ1v) is 9.35. The number of likely N-dealkylation sites (N-methyl/N-ethyl adjacent to an activating group) is 1. The van der Waals surface area contributed by atoms with Gasteiger partial charge in [-0.05, 0) is 41.6 Å². The molecule has 0 aliphatic heterocycles. The smallest absolute Gasteiger partial charge is 0.243 e. The van der Waals surface area contributed by atoms with E-state index < -0.39 is 0 Å². The molecule has 0 unspecified atom stereocenters. The van der Waals surface area contributed by atoms with Crippen molar-refractivity contribution in [1.82, 2.24) is 15.5 Å². The molecule has 0 bridgehead atoms. The normalized spacial score (nSPS) is 11.2. The number of rotatable bonds is 7. The monoisotopic (exact) mass is 374 g/mol. The molecular formula is C19H26N4O2S. The molecule has 1 heterocycles. The summed E-state index contributed by atoms with van der Waals surface area (Å²) in [6.07, 6.45) is 0. The number of nitrogens with zero attached hydrogens (tertiary/aromatic N) is 2. The molecule has 0 saturated heterocycles. The summed E-state index contributed by atoms with van der Waals surface area (Å²) in [6, 6.07) is 10.2. The first-order chi connectivity index (χ1) is 12.5. The predicted octanol–water partition coefficient (Wildman–Crippen LogP) is 2.57. The lowest BCUT2D eigenvalue weighted by Gasteiger charge is -2.12. The molecule has 140 valence electrons. The van der Waals surface area contributed by atoms with Crippen LogP contribution in [0.2, 0.25) is 0 Å². The Hall–Kier alpha value is -2.54. The Morgan fingerprint density at radius 2 is 1.92 bits per heavy atom. The van der Waals surface area contributed by atoms with Crippen molar-refractivity contribution in [2.24, 2.45) is 4.99 Å². The second-order valence-electron chi connectivity index (χ2n) is 5.87. The molecule has 0 fully saturated rings. The lowest BCUT2D eigenvalue weighted by atomic mass is 10.1. The van der Waals surface area contributed by atoms with Gasteiger partial charge in [0.2, 0.25) is 5.91 Å². The Morgan fingerprint density at radius 1 is 1.19 bits per heavy atom. The minimum atomic E-state index is -0.0277. The fraction of sp³-hybridized carbons (Fsp3) is 0.368. The van der Waals surface area contributed by atoms with Gasteiger partial charge in [0.25, 0.3) is 0 Å². The number of nitrogens with one attached hydrogen (secondary N) is 2. The molecular weight excluding hydrogens is 348 g/mol. The average Bonchev–Trinajstić information content (AvgIpc) is 3.12. The molecule has 2 aromatic rings. The molecule has 1 aromatic carbocycles. The van der Waals surface area contributed by atoms with Gasteiger partial charge in [-0.1, -0.05) is 12.1 Å². The number of benzene rings is 1. The van der Waals surface area contributed by atoms with Crippen molar-refractivity contribution in [3.63, 3.8) is 0 Å². The van der Waals surface area contributed by atoms with Crippen LogP contribution in [0.3, 0.4) is 0 Å². The topological polar surface area (TPSA) is 66.0 Å². The van der Waals surface area contributed by atoms with Gasteiger partial charge < -0.3 is 20.3 Å². The number of thiophene rings is 1. The minimum absolute atomic E-state index is 0.0277. The van der Waals surface area contributed by atoms with Gasteiger partial charge in [-0.3, -0.25) is 4.79 Å². The van der Waals surface area contributed by atoms with E-state index in [4.69, 9.17) is 4.74 Å². The van der Waals surface area contributed by atoms with Crippen LogP contribution in [0.1, 0.15) is 11.8 Å². The van der Waals surface area contributed by atoms with E-state index >= 15 is 0 Å². The van der Waals surface area contributed by atoms with Crippen LogP contribution in [0, 0.1) is 0 Å². The SMILES string of the molecule is CCNC(=NCC(=O)N(C)C)NCc1cc(-c2ccc(OC)cc2)cs1. The van der Waals surface area contributed by atoms with Crippen molar-refractivity contribution in [3.8, 4) is 16.9 Å². The van der Waals surface area contributed by atoms with Gasteiger partial charge in [0.15, 0.2) is 5.96 Å². The van der Waals surface area contributed by atoms with Crippen LogP contribution in [-0.2, 0) is 11.3 Å². The van der Waals surface area contributed by atoms with E-state index in [0.29, 0.717) is 12.5 Å². The van der Waals surface area contributed by atoms with E-state index in [2.05, 4.69) is 39.2 Å². The third-order valence-corrected chi connectivity index (χ3v) is 4.66. The quantitative estimate of drug-likeness (QED) is 0.577. The van der Waals surface area contributed by atoms with Crippen LogP contribution in [0.15, 0.2) is 40.7 Å². The van der Waals surface area contributed by atoms with Crippen molar-refractivity contribution in [3.05, 3.63) is 40.6 Å². The number of aliphatic imine (C=N–C) groups is 1. The van der Waals surface area contributed by atoms with Crippen LogP contribution in [0.4, 0.5) is 0 Å². The molecule has 2 N–H and O–H groups in total. The molecule has 2 rings (SSSR count). The summed E-state index contributed by atoms with van der Waals surface area (Å²) in [5.74, 6) is 1.46. The highest BCUT2D eigenvalue weighted by atomic mass is 32.1. The third-order valence-electron chi connectivity index (χ3n) is 3.72. The standard InChI is InChI=1S/C19H26N4O2S/c1-5-20-19(22-12-18(24)23(2)3)21-11-17-10-15(13-26-17)14-6-8-16(25-4)9-7-14/h6-10,13H,5,11-12H2,1-4H3,(H2,20,21,22). The largest absolute Gasteiger partial charge is 0.497 e. The van der Waals surface area contributed by atoms with Gasteiger partial charge in [-0.15, -0.1) is 11.3 Å². The summed E-state index contributed by atoms with van der Waals surface area (Å²) in [4.78, 5) is 18.7. The molecule has 1 aromatic heterocycles. The van der Waals surface area contributed by atoms with Crippen LogP contribution >= 0.6 is 11.3 Å². The first kappa shape index (κ1) is 19.8. The molecule has 0 atom stereocenters. The lowest BCUT2D eigenvalue weighted by Crippen LogP contribution is -2.37. The number of ether oxygens (including phenoxy) is 1. The molecule has 26 heavy (non-hydrogen) atoms. The Kier molecular flexibility index (Phi) is 7.47. The Bertz CT molecular complexity index is 738. The first-order valence-electron chi connectivity index (χ1n) is 8.47. The van der Waals surface area contributed by atoms with Crippen LogP contribution < -0.4 is 15.4 Å². The van der Waals surface area contributed by atoms with Gasteiger partial charge in [0.05, 0.1) is 13.7 Å². The number of carbonyl (C=O) groups excluding carboxylic acids is 1. The highest BCUT2D eigenvalue weighted by Crippen LogP contribution is 2.27. The summed E-state index contributed by atoms with van der Waals surface area (Å²) >= 11 is 1.69. The average molecular weight is 375 g/mol. The molecule has 0 aliphatic rings. The number of hydrogen-bond acceptors (Lipinski definition) is 4. The van der Waals surface area contributed by atoms with Gasteiger partial charge in [-0.25, -0.2) is 4.99 Å². The molecule has 7 heteroatoms. The zero-order valence-electron chi connectivity index (χ0n) is 15.7. The van der Waals surface area contributed by atoms with Gasteiger partial charge >= 0.3 is 0 Å². The fourth-order valence-corrected chi connectivity index (χ4v) is 3.04. The molecule has 0 aliphatic carbocycles. The number of hydrogen-bond donors (Lipinski definition) is 2. The number of guanidine groups is 1. The van der Waals surface area contributed by atoms with Crippen LogP contribution in [0.5, 0.6) is 5.75 Å². The maximum absolute atomic E-state index is 11.7. The Balaban J connectivity index is 1.97. The van der Waals surface area contributed by atoms with Crippen molar-refractivity contribution in [1.29, 1.82) is 0 Å². The summed E-state index contributed by atoms with van der Waals surface area (Å²) in [5.41, 5.74) is 2.34. The molecule has 6 nitrogen and oxygen atoms in total. The highest BCUT2D eigenvalue weighted by molar-refractivity contribution is 7.10. The lowest BCUT2D eigenvalue weighted by molar-refractivity contribution is -0.127. The van der Waals surface area contributed by atoms with E-state index in [9.17, 15) is 4.79 Å². The van der Waals surface area contributed by atoms with E-state index in [1.165, 1.54) is 15.3 Å². The molecule has 0 radical (unpaired) electrons. The summed E-state index contributed by atoms with van der Waals surface area (Å²) in [5, 5.41) is 8.57. The molecule has 0 spiro atoms. The van der Waals surface area contributed by atoms with E-state index in [1.54, 1.807) is 32.5 Å². The maximum atomic E-state index is 11.7. The van der Waals surface area contributed by atoms with Crippen LogP contribution in [0.25, 0.3) is 11.1 Å². The van der Waals surface area contributed by atoms with Gasteiger partial charge in [-0.2, -0.15) is 0 Å². The molecule has 1 amide bonds. The molecule has 0 saturated carbocycles. The second kappa shape index (κ2) is 9.82. The zero-order chi connectivity index (χ0) is 18.9. The van der Waals surface area contributed by atoms with Crippen molar-refractivity contribution >= 4 is 23.2 Å². The third kappa shape index (κ3) is 5.77. The number of amides is 1. The summed E-state index contributed by atoms with van der Waals surface area (Å²) in [6.45, 7) is 3.52. The maximum Gasteiger partial charge on any atom is 0.243 e. The Morgan fingerprint density at radius 3 is 2.54 bits per heavy atom. The zero-order valence-corrected chi connectivity index (χ0v) is 16.5. The fourth-order valence-electron chi connectivity index (χ4n) is 2.21. The van der Waals surface area contributed by atoms with Crippen molar-refractivity contribution in [2.75, 3.05) is 34.3 Å². The number of methoxy groups -OCH3 is 1. The van der Waals surface area contributed by atoms with Crippen molar-refractivity contribution in [2.45, 2.75) is 13.5 Å². The van der Waals surface area contributed by atoms with E-state index in [-0.39, 0.29) is 12.5 Å². The van der Waals surface area contributed by atoms with Crippen molar-refractivity contribution < 1.29 is 9.53 Å². The van der Waals surface area contributed by atoms with Crippen LogP contribution in [-0.4, -0.2) is 51.1 Å². The summed E-state index contributed by atoms with van der Waals surface area (Å²) < 4.78 is 5.20. The Labute approximate surface area is 158 Å². The number of carbonyl (C=O) groups is 1. The van der Waals surface area contributed by atoms with Gasteiger partial charge in [0.1, 0.15) is 12.3 Å². The predicted molar refractivity (Wildman–Crippen MR) is 108 cm³/mol. The minimum Gasteiger partial charge on any atom is -0.497 e. The summed E-state index contributed by atoms with van der Waals surface area (Å²) in [7, 11) is 5.12. The van der Waals surface area contributed by atoms with E-state index in [0.717, 1.165) is 17.9 Å².